The molecule has 1 saturated carbocycles. The zero-order chi connectivity index (χ0) is 27.2. The third kappa shape index (κ3) is 6.78. The van der Waals surface area contributed by atoms with Crippen molar-refractivity contribution in [1.82, 2.24) is 4.90 Å². The molecule has 0 spiro atoms. The molecule has 3 fully saturated rings. The zero-order valence-corrected chi connectivity index (χ0v) is 23.2. The summed E-state index contributed by atoms with van der Waals surface area (Å²) in [6, 6.07) is 17.5. The Morgan fingerprint density at radius 2 is 1.67 bits per heavy atom. The Balaban J connectivity index is 1.23. The number of benzene rings is 2. The molecule has 0 radical (unpaired) electrons. The number of anilines is 1. The van der Waals surface area contributed by atoms with Crippen LogP contribution in [0.15, 0.2) is 54.6 Å². The predicted octanol–water partition coefficient (Wildman–Crippen LogP) is 5.89. The van der Waals surface area contributed by atoms with Gasteiger partial charge in [0.2, 0.25) is 11.8 Å². The maximum atomic E-state index is 13.3. The zero-order valence-electron chi connectivity index (χ0n) is 23.2. The minimum Gasteiger partial charge on any atom is -0.462 e. The van der Waals surface area contributed by atoms with Crippen molar-refractivity contribution in [1.29, 1.82) is 0 Å². The number of rotatable bonds is 9. The molecule has 3 aliphatic rings. The molecule has 1 unspecified atom stereocenters. The summed E-state index contributed by atoms with van der Waals surface area (Å²) in [5.74, 6) is 0.357. The first kappa shape index (κ1) is 27.6. The first-order chi connectivity index (χ1) is 19.0. The van der Waals surface area contributed by atoms with Crippen molar-refractivity contribution in [2.45, 2.75) is 64.7 Å². The van der Waals surface area contributed by atoms with Gasteiger partial charge in [0.15, 0.2) is 0 Å². The number of hydrogen-bond acceptors (Lipinski definition) is 5. The molecule has 208 valence electrons. The molecule has 6 heteroatoms. The maximum Gasteiger partial charge on any atom is 0.340 e. The van der Waals surface area contributed by atoms with E-state index in [1.165, 1.54) is 37.7 Å². The summed E-state index contributed by atoms with van der Waals surface area (Å²) in [6.45, 7) is 5.25. The van der Waals surface area contributed by atoms with Crippen molar-refractivity contribution >= 4 is 23.5 Å². The lowest BCUT2D eigenvalue weighted by atomic mass is 9.74. The van der Waals surface area contributed by atoms with E-state index in [2.05, 4.69) is 35.2 Å². The highest BCUT2D eigenvalue weighted by Gasteiger charge is 2.39. The van der Waals surface area contributed by atoms with Gasteiger partial charge in [0.1, 0.15) is 0 Å². The number of hydrogen-bond donors (Lipinski definition) is 0. The number of aryl methyl sites for hydroxylation is 1. The minimum atomic E-state index is -0.457. The summed E-state index contributed by atoms with van der Waals surface area (Å²) in [6.07, 6.45) is 10.1. The number of carbonyl (C=O) groups excluding carboxylic acids is 3. The van der Waals surface area contributed by atoms with Crippen molar-refractivity contribution in [3.63, 3.8) is 0 Å². The highest BCUT2D eigenvalue weighted by Crippen LogP contribution is 2.37. The average molecular weight is 531 g/mol. The molecule has 0 bridgehead atoms. The molecule has 1 aliphatic carbocycles. The lowest BCUT2D eigenvalue weighted by Crippen LogP contribution is -2.45. The molecule has 2 aromatic rings. The van der Waals surface area contributed by atoms with Crippen LogP contribution in [0.25, 0.3) is 0 Å². The van der Waals surface area contributed by atoms with Crippen LogP contribution in [0.2, 0.25) is 0 Å². The van der Waals surface area contributed by atoms with Crippen LogP contribution in [0.4, 0.5) is 5.69 Å². The first-order valence-electron chi connectivity index (χ1n) is 14.9. The number of amides is 2. The van der Waals surface area contributed by atoms with Gasteiger partial charge in [0, 0.05) is 31.3 Å². The molecule has 6 nitrogen and oxygen atoms in total. The summed E-state index contributed by atoms with van der Waals surface area (Å²) < 4.78 is 5.91. The molecule has 2 aliphatic heterocycles. The molecular formula is C33H42N2O4. The van der Waals surface area contributed by atoms with Crippen LogP contribution >= 0.6 is 0 Å². The number of carbonyl (C=O) groups is 3. The summed E-state index contributed by atoms with van der Waals surface area (Å²) >= 11 is 0. The van der Waals surface area contributed by atoms with Gasteiger partial charge in [-0.2, -0.15) is 0 Å². The van der Waals surface area contributed by atoms with Gasteiger partial charge in [0.05, 0.1) is 17.9 Å². The molecule has 5 rings (SSSR count). The third-order valence-electron chi connectivity index (χ3n) is 8.93. The quantitative estimate of drug-likeness (QED) is 0.299. The molecule has 0 N–H and O–H groups in total. The molecule has 3 atom stereocenters. The number of para-hydroxylation sites is 1. The number of imide groups is 1. The Kier molecular flexibility index (Phi) is 9.13. The molecular weight excluding hydrogens is 488 g/mol. The second kappa shape index (κ2) is 12.9. The summed E-state index contributed by atoms with van der Waals surface area (Å²) in [5, 5.41) is 0. The van der Waals surface area contributed by atoms with E-state index in [4.69, 9.17) is 4.74 Å². The van der Waals surface area contributed by atoms with Gasteiger partial charge in [-0.3, -0.25) is 9.59 Å². The van der Waals surface area contributed by atoms with E-state index in [0.29, 0.717) is 18.2 Å². The highest BCUT2D eigenvalue weighted by atomic mass is 16.5. The number of likely N-dealkylation sites (tertiary alicyclic amines) is 1. The lowest BCUT2D eigenvalue weighted by Gasteiger charge is -2.42. The fourth-order valence-electron chi connectivity index (χ4n) is 6.90. The average Bonchev–Trinajstić information content (AvgIpc) is 3.23. The van der Waals surface area contributed by atoms with Gasteiger partial charge in [-0.1, -0.05) is 81.5 Å². The van der Waals surface area contributed by atoms with Gasteiger partial charge >= 0.3 is 5.97 Å². The van der Waals surface area contributed by atoms with Crippen LogP contribution in [-0.2, 0) is 20.7 Å². The Bertz CT molecular complexity index is 1140. The second-order valence-electron chi connectivity index (χ2n) is 11.9. The standard InChI is InChI=1S/C33H42N2O4/c1-24-19-31(36)35(32(24)37)30-17-9-8-16-29(30)33(38)39-23-26-20-28(27-14-6-3-7-15-27)22-34(21-26)18-10-13-25-11-4-2-5-12-25/h2,4-5,8-9,11-12,16-17,24,26-28H,3,6-7,10,13-15,18-23H2,1H3/t24?,26-,28+/m1/s1. The third-order valence-corrected chi connectivity index (χ3v) is 8.93. The Morgan fingerprint density at radius 3 is 2.41 bits per heavy atom. The van der Waals surface area contributed by atoms with Gasteiger partial charge in [-0.05, 0) is 55.3 Å². The summed E-state index contributed by atoms with van der Waals surface area (Å²) in [5.41, 5.74) is 2.01. The van der Waals surface area contributed by atoms with Crippen molar-refractivity contribution < 1.29 is 19.1 Å². The number of nitrogens with zero attached hydrogens (tertiary/aromatic N) is 2. The fourth-order valence-corrected chi connectivity index (χ4v) is 6.90. The first-order valence-corrected chi connectivity index (χ1v) is 14.9. The van der Waals surface area contributed by atoms with E-state index in [-0.39, 0.29) is 35.6 Å². The maximum absolute atomic E-state index is 13.3. The van der Waals surface area contributed by atoms with Crippen molar-refractivity contribution in [2.75, 3.05) is 31.1 Å². The largest absolute Gasteiger partial charge is 0.462 e. The molecule has 2 saturated heterocycles. The lowest BCUT2D eigenvalue weighted by molar-refractivity contribution is -0.122. The smallest absolute Gasteiger partial charge is 0.340 e. The molecule has 0 aromatic heterocycles. The fraction of sp³-hybridized carbons (Fsp3) is 0.545. The van der Waals surface area contributed by atoms with Crippen molar-refractivity contribution in [3.05, 3.63) is 65.7 Å². The van der Waals surface area contributed by atoms with E-state index >= 15 is 0 Å². The van der Waals surface area contributed by atoms with E-state index in [1.807, 2.05) is 0 Å². The van der Waals surface area contributed by atoms with E-state index in [9.17, 15) is 14.4 Å². The topological polar surface area (TPSA) is 66.9 Å². The summed E-state index contributed by atoms with van der Waals surface area (Å²) in [7, 11) is 0. The molecule has 2 aromatic carbocycles. The van der Waals surface area contributed by atoms with Crippen LogP contribution in [0.1, 0.15) is 74.2 Å². The van der Waals surface area contributed by atoms with Crippen LogP contribution in [0, 0.1) is 23.7 Å². The Labute approximate surface area is 232 Å². The number of esters is 1. The van der Waals surface area contributed by atoms with Crippen LogP contribution in [0.5, 0.6) is 0 Å². The van der Waals surface area contributed by atoms with Crippen molar-refractivity contribution in [2.24, 2.45) is 23.7 Å². The normalized spacial score (nSPS) is 24.7. The Hall–Kier alpha value is -2.99. The Morgan fingerprint density at radius 1 is 0.923 bits per heavy atom. The van der Waals surface area contributed by atoms with E-state index in [1.54, 1.807) is 31.2 Å². The molecule has 2 amide bonds. The molecule has 2 heterocycles. The van der Waals surface area contributed by atoms with Crippen LogP contribution < -0.4 is 4.90 Å². The van der Waals surface area contributed by atoms with Crippen molar-refractivity contribution in [3.8, 4) is 0 Å². The predicted molar refractivity (Wildman–Crippen MR) is 152 cm³/mol. The molecule has 39 heavy (non-hydrogen) atoms. The van der Waals surface area contributed by atoms with Crippen LogP contribution in [-0.4, -0.2) is 48.9 Å². The van der Waals surface area contributed by atoms with Gasteiger partial charge < -0.3 is 9.64 Å². The SMILES string of the molecule is CC1CC(=O)N(c2ccccc2C(=O)OC[C@@H]2C[C@H](C3CCCCC3)CN(CCCc3ccccc3)C2)C1=O. The van der Waals surface area contributed by atoms with E-state index in [0.717, 1.165) is 49.7 Å². The van der Waals surface area contributed by atoms with Gasteiger partial charge in [-0.25, -0.2) is 9.69 Å². The van der Waals surface area contributed by atoms with E-state index < -0.39 is 5.97 Å². The monoisotopic (exact) mass is 530 g/mol. The number of piperidine rings is 1. The van der Waals surface area contributed by atoms with Crippen LogP contribution in [0.3, 0.4) is 0 Å². The minimum absolute atomic E-state index is 0.174. The van der Waals surface area contributed by atoms with Gasteiger partial charge in [0.25, 0.3) is 0 Å². The van der Waals surface area contributed by atoms with Gasteiger partial charge in [-0.15, -0.1) is 0 Å². The summed E-state index contributed by atoms with van der Waals surface area (Å²) in [4.78, 5) is 42.2. The number of ether oxygens (including phenoxy) is 1. The highest BCUT2D eigenvalue weighted by molar-refractivity contribution is 6.22. The second-order valence-corrected chi connectivity index (χ2v) is 11.9.